The van der Waals surface area contributed by atoms with Crippen LogP contribution in [-0.2, 0) is 0 Å². The standard InChI is InChI=1S/C7H8S2/c1-8-6-4-7-3-2-5-9-7/h2-6H,1H3/b6-4+. The molecule has 48 valence electrons. The number of thioether (sulfide) groups is 1. The predicted octanol–water partition coefficient (Wildman–Crippen LogP) is 3.08. The van der Waals surface area contributed by atoms with Crippen molar-refractivity contribution in [3.8, 4) is 0 Å². The van der Waals surface area contributed by atoms with Crippen molar-refractivity contribution in [2.45, 2.75) is 0 Å². The zero-order valence-electron chi connectivity index (χ0n) is 5.20. The average Bonchev–Trinajstić information content (AvgIpc) is 2.34. The summed E-state index contributed by atoms with van der Waals surface area (Å²) >= 11 is 3.49. The molecule has 0 aromatic carbocycles. The van der Waals surface area contributed by atoms with Gasteiger partial charge in [0.05, 0.1) is 0 Å². The summed E-state index contributed by atoms with van der Waals surface area (Å²) in [6.45, 7) is 0. The smallest absolute Gasteiger partial charge is 0.0275 e. The van der Waals surface area contributed by atoms with Gasteiger partial charge in [0, 0.05) is 4.88 Å². The maximum atomic E-state index is 2.12. The molecule has 0 aliphatic carbocycles. The Morgan fingerprint density at radius 2 is 2.56 bits per heavy atom. The van der Waals surface area contributed by atoms with Gasteiger partial charge in [-0.3, -0.25) is 0 Å². The van der Waals surface area contributed by atoms with Crippen LogP contribution in [-0.4, -0.2) is 6.26 Å². The summed E-state index contributed by atoms with van der Waals surface area (Å²) in [5, 5.41) is 4.17. The molecular formula is C7H8S2. The van der Waals surface area contributed by atoms with E-state index in [0.717, 1.165) is 0 Å². The van der Waals surface area contributed by atoms with Crippen LogP contribution < -0.4 is 0 Å². The fourth-order valence-electron chi connectivity index (χ4n) is 0.521. The fourth-order valence-corrected chi connectivity index (χ4v) is 1.51. The summed E-state index contributed by atoms with van der Waals surface area (Å²) in [7, 11) is 0. The molecule has 1 aromatic heterocycles. The van der Waals surface area contributed by atoms with Gasteiger partial charge in [-0.1, -0.05) is 6.07 Å². The Bertz CT molecular complexity index is 175. The molecule has 0 radical (unpaired) electrons. The second-order valence-electron chi connectivity index (χ2n) is 1.55. The minimum Gasteiger partial charge on any atom is -0.144 e. The third kappa shape index (κ3) is 2.24. The van der Waals surface area contributed by atoms with Crippen molar-refractivity contribution in [1.82, 2.24) is 0 Å². The summed E-state index contributed by atoms with van der Waals surface area (Å²) in [4.78, 5) is 1.32. The highest BCUT2D eigenvalue weighted by molar-refractivity contribution is 8.01. The minimum atomic E-state index is 1.32. The lowest BCUT2D eigenvalue weighted by Crippen LogP contribution is -1.51. The molecule has 9 heavy (non-hydrogen) atoms. The van der Waals surface area contributed by atoms with Gasteiger partial charge in [0.2, 0.25) is 0 Å². The normalized spacial score (nSPS) is 10.8. The van der Waals surface area contributed by atoms with E-state index in [9.17, 15) is 0 Å². The van der Waals surface area contributed by atoms with Gasteiger partial charge < -0.3 is 0 Å². The average molecular weight is 156 g/mol. The van der Waals surface area contributed by atoms with E-state index in [4.69, 9.17) is 0 Å². The van der Waals surface area contributed by atoms with E-state index in [1.165, 1.54) is 4.88 Å². The first-order valence-electron chi connectivity index (χ1n) is 2.66. The van der Waals surface area contributed by atoms with Gasteiger partial charge in [0.15, 0.2) is 0 Å². The highest BCUT2D eigenvalue weighted by Gasteiger charge is 1.81. The summed E-state index contributed by atoms with van der Waals surface area (Å²) < 4.78 is 0. The third-order valence-electron chi connectivity index (χ3n) is 0.912. The van der Waals surface area contributed by atoms with Crippen molar-refractivity contribution in [2.75, 3.05) is 6.26 Å². The quantitative estimate of drug-likeness (QED) is 0.634. The summed E-state index contributed by atoms with van der Waals surface area (Å²) in [6, 6.07) is 4.17. The molecule has 0 N–H and O–H groups in total. The Balaban J connectivity index is 2.57. The van der Waals surface area contributed by atoms with Crippen molar-refractivity contribution < 1.29 is 0 Å². The summed E-state index contributed by atoms with van der Waals surface area (Å²) in [6.07, 6.45) is 4.18. The molecule has 0 spiro atoms. The van der Waals surface area contributed by atoms with Crippen LogP contribution in [0.3, 0.4) is 0 Å². The molecule has 1 aromatic rings. The van der Waals surface area contributed by atoms with Crippen LogP contribution in [0.1, 0.15) is 4.88 Å². The van der Waals surface area contributed by atoms with E-state index < -0.39 is 0 Å². The van der Waals surface area contributed by atoms with Crippen LogP contribution in [0.15, 0.2) is 22.9 Å². The maximum Gasteiger partial charge on any atom is 0.0275 e. The van der Waals surface area contributed by atoms with E-state index in [2.05, 4.69) is 35.3 Å². The first-order valence-corrected chi connectivity index (χ1v) is 4.83. The van der Waals surface area contributed by atoms with Crippen molar-refractivity contribution in [2.24, 2.45) is 0 Å². The molecule has 2 heteroatoms. The highest BCUT2D eigenvalue weighted by Crippen LogP contribution is 2.11. The van der Waals surface area contributed by atoms with Gasteiger partial charge in [0.1, 0.15) is 0 Å². The molecule has 1 rings (SSSR count). The molecule has 0 unspecified atom stereocenters. The SMILES string of the molecule is CS/C=C/c1cccs1. The molecule has 0 aliphatic heterocycles. The molecule has 0 saturated carbocycles. The van der Waals surface area contributed by atoms with Crippen LogP contribution in [0.25, 0.3) is 6.08 Å². The van der Waals surface area contributed by atoms with E-state index in [-0.39, 0.29) is 0 Å². The first kappa shape index (κ1) is 6.90. The predicted molar refractivity (Wildman–Crippen MR) is 46.9 cm³/mol. The van der Waals surface area contributed by atoms with Gasteiger partial charge in [-0.15, -0.1) is 23.1 Å². The van der Waals surface area contributed by atoms with E-state index in [1.54, 1.807) is 23.1 Å². The Labute approximate surface area is 63.6 Å². The van der Waals surface area contributed by atoms with E-state index in [1.807, 2.05) is 0 Å². The second kappa shape index (κ2) is 3.75. The van der Waals surface area contributed by atoms with Crippen LogP contribution >= 0.6 is 23.1 Å². The zero-order valence-corrected chi connectivity index (χ0v) is 6.84. The molecule has 0 amide bonds. The lowest BCUT2D eigenvalue weighted by atomic mass is 10.5. The van der Waals surface area contributed by atoms with Crippen LogP contribution in [0.4, 0.5) is 0 Å². The molecule has 0 aliphatic rings. The third-order valence-corrected chi connectivity index (χ3v) is 2.16. The van der Waals surface area contributed by atoms with E-state index >= 15 is 0 Å². The molecule has 0 atom stereocenters. The number of thiophene rings is 1. The topological polar surface area (TPSA) is 0 Å². The lowest BCUT2D eigenvalue weighted by molar-refractivity contribution is 1.96. The van der Waals surface area contributed by atoms with Gasteiger partial charge in [0.25, 0.3) is 0 Å². The number of hydrogen-bond donors (Lipinski definition) is 0. The molecule has 0 fully saturated rings. The van der Waals surface area contributed by atoms with Crippen molar-refractivity contribution in [3.63, 3.8) is 0 Å². The molecule has 0 saturated heterocycles. The lowest BCUT2D eigenvalue weighted by Gasteiger charge is -1.78. The van der Waals surface area contributed by atoms with Crippen LogP contribution in [0, 0.1) is 0 Å². The van der Waals surface area contributed by atoms with Crippen molar-refractivity contribution in [3.05, 3.63) is 27.8 Å². The Morgan fingerprint density at radius 3 is 3.11 bits per heavy atom. The Kier molecular flexibility index (Phi) is 2.87. The van der Waals surface area contributed by atoms with E-state index in [0.29, 0.717) is 0 Å². The first-order chi connectivity index (χ1) is 4.43. The second-order valence-corrected chi connectivity index (χ2v) is 3.28. The van der Waals surface area contributed by atoms with Gasteiger partial charge in [-0.2, -0.15) is 0 Å². The number of hydrogen-bond acceptors (Lipinski definition) is 2. The molecule has 1 heterocycles. The van der Waals surface area contributed by atoms with Crippen LogP contribution in [0.2, 0.25) is 0 Å². The Morgan fingerprint density at radius 1 is 1.67 bits per heavy atom. The van der Waals surface area contributed by atoms with Gasteiger partial charge in [-0.25, -0.2) is 0 Å². The minimum absolute atomic E-state index is 1.32. The van der Waals surface area contributed by atoms with Crippen molar-refractivity contribution in [1.29, 1.82) is 0 Å². The van der Waals surface area contributed by atoms with Crippen LogP contribution in [0.5, 0.6) is 0 Å². The van der Waals surface area contributed by atoms with Crippen molar-refractivity contribution >= 4 is 29.2 Å². The van der Waals surface area contributed by atoms with Gasteiger partial charge in [-0.05, 0) is 29.2 Å². The maximum absolute atomic E-state index is 2.12. The molecular weight excluding hydrogens is 148 g/mol. The number of rotatable bonds is 2. The zero-order chi connectivity index (χ0) is 6.53. The van der Waals surface area contributed by atoms with Gasteiger partial charge >= 0.3 is 0 Å². The summed E-state index contributed by atoms with van der Waals surface area (Å²) in [5.74, 6) is 0. The molecule has 0 nitrogen and oxygen atoms in total. The highest BCUT2D eigenvalue weighted by atomic mass is 32.2. The Hall–Kier alpha value is -0.210. The monoisotopic (exact) mass is 156 g/mol. The fraction of sp³-hybridized carbons (Fsp3) is 0.143. The summed E-state index contributed by atoms with van der Waals surface area (Å²) in [5.41, 5.74) is 0. The largest absolute Gasteiger partial charge is 0.144 e. The molecule has 0 bridgehead atoms.